The van der Waals surface area contributed by atoms with Crippen LogP contribution in [0.4, 0.5) is 16.2 Å². The van der Waals surface area contributed by atoms with Crippen molar-refractivity contribution in [3.8, 4) is 0 Å². The van der Waals surface area contributed by atoms with Crippen molar-refractivity contribution in [2.45, 2.75) is 39.5 Å². The first-order valence-electron chi connectivity index (χ1n) is 9.77. The summed E-state index contributed by atoms with van der Waals surface area (Å²) in [5.41, 5.74) is 2.81. The van der Waals surface area contributed by atoms with Crippen molar-refractivity contribution in [3.63, 3.8) is 0 Å². The first kappa shape index (κ1) is 18.7. The van der Waals surface area contributed by atoms with Gasteiger partial charge in [-0.25, -0.2) is 4.79 Å². The van der Waals surface area contributed by atoms with Crippen LogP contribution in [0.15, 0.2) is 18.2 Å². The number of benzene rings is 1. The van der Waals surface area contributed by atoms with Crippen molar-refractivity contribution in [2.24, 2.45) is 11.8 Å². The Morgan fingerprint density at radius 2 is 2.23 bits per heavy atom. The molecule has 2 heterocycles. The lowest BCUT2D eigenvalue weighted by Crippen LogP contribution is -2.38. The lowest BCUT2D eigenvalue weighted by atomic mass is 9.85. The average Bonchev–Trinajstić information content (AvgIpc) is 3.06. The fourth-order valence-electron chi connectivity index (χ4n) is 3.95. The summed E-state index contributed by atoms with van der Waals surface area (Å²) in [4.78, 5) is 26.4. The molecule has 0 aliphatic carbocycles. The minimum absolute atomic E-state index is 0.0468. The Balaban J connectivity index is 1.60. The molecular formula is C20H30N4O2. The number of carbonyl (C=O) groups is 2. The molecule has 3 amide bonds. The second-order valence-corrected chi connectivity index (χ2v) is 7.42. The molecule has 3 rings (SSSR count). The molecule has 0 bridgehead atoms. The van der Waals surface area contributed by atoms with Crippen LogP contribution in [-0.4, -0.2) is 38.1 Å². The zero-order valence-corrected chi connectivity index (χ0v) is 15.8. The van der Waals surface area contributed by atoms with E-state index in [-0.39, 0.29) is 11.9 Å². The number of urea groups is 1. The molecule has 26 heavy (non-hydrogen) atoms. The predicted octanol–water partition coefficient (Wildman–Crippen LogP) is 2.74. The number of rotatable bonds is 5. The number of amides is 3. The highest BCUT2D eigenvalue weighted by molar-refractivity contribution is 5.96. The average molecular weight is 358 g/mol. The van der Waals surface area contributed by atoms with Gasteiger partial charge >= 0.3 is 6.03 Å². The Morgan fingerprint density at radius 3 is 2.96 bits per heavy atom. The third kappa shape index (κ3) is 4.36. The molecule has 0 aromatic heterocycles. The van der Waals surface area contributed by atoms with Crippen LogP contribution in [0.2, 0.25) is 0 Å². The fraction of sp³-hybridized carbons (Fsp3) is 0.600. The van der Waals surface area contributed by atoms with Gasteiger partial charge in [0.05, 0.1) is 5.69 Å². The number of hydrogen-bond donors (Lipinski definition) is 3. The minimum Gasteiger partial charge on any atom is -0.338 e. The maximum absolute atomic E-state index is 12.5. The van der Waals surface area contributed by atoms with Gasteiger partial charge in [0.1, 0.15) is 0 Å². The normalized spacial score (nSPS) is 20.4. The first-order chi connectivity index (χ1) is 12.6. The van der Waals surface area contributed by atoms with Gasteiger partial charge < -0.3 is 16.0 Å². The van der Waals surface area contributed by atoms with E-state index in [2.05, 4.69) is 22.9 Å². The van der Waals surface area contributed by atoms with Crippen LogP contribution in [0.5, 0.6) is 0 Å². The molecule has 6 nitrogen and oxygen atoms in total. The summed E-state index contributed by atoms with van der Waals surface area (Å²) in [7, 11) is 0. The summed E-state index contributed by atoms with van der Waals surface area (Å²) in [6, 6.07) is 5.79. The van der Waals surface area contributed by atoms with Crippen LogP contribution in [0.25, 0.3) is 0 Å². The summed E-state index contributed by atoms with van der Waals surface area (Å²) >= 11 is 0. The van der Waals surface area contributed by atoms with Gasteiger partial charge in [-0.2, -0.15) is 0 Å². The summed E-state index contributed by atoms with van der Waals surface area (Å²) in [6.45, 7) is 7.46. The third-order valence-corrected chi connectivity index (χ3v) is 5.48. The highest BCUT2D eigenvalue weighted by atomic mass is 16.2. The van der Waals surface area contributed by atoms with E-state index >= 15 is 0 Å². The van der Waals surface area contributed by atoms with Gasteiger partial charge in [-0.05, 0) is 68.8 Å². The van der Waals surface area contributed by atoms with E-state index in [4.69, 9.17) is 0 Å². The maximum Gasteiger partial charge on any atom is 0.321 e. The van der Waals surface area contributed by atoms with Gasteiger partial charge in [0, 0.05) is 25.2 Å². The largest absolute Gasteiger partial charge is 0.338 e. The number of carbonyl (C=O) groups excluding carboxylic acids is 2. The fourth-order valence-corrected chi connectivity index (χ4v) is 3.95. The van der Waals surface area contributed by atoms with Crippen molar-refractivity contribution in [1.29, 1.82) is 0 Å². The molecule has 1 aromatic carbocycles. The highest BCUT2D eigenvalue weighted by Crippen LogP contribution is 2.31. The van der Waals surface area contributed by atoms with Crippen LogP contribution in [0, 0.1) is 11.8 Å². The van der Waals surface area contributed by atoms with E-state index in [1.165, 1.54) is 12.8 Å². The topological polar surface area (TPSA) is 73.5 Å². The van der Waals surface area contributed by atoms with E-state index in [0.29, 0.717) is 31.3 Å². The van der Waals surface area contributed by atoms with E-state index in [0.717, 1.165) is 36.4 Å². The van der Waals surface area contributed by atoms with E-state index in [1.54, 1.807) is 4.90 Å². The summed E-state index contributed by atoms with van der Waals surface area (Å²) in [6.07, 6.45) is 3.77. The SMILES string of the molecule is CCNC(=O)N1CCc2ccc(NC(=O)CC(C)C3CCCNC3)cc21. The molecule has 2 unspecified atom stereocenters. The summed E-state index contributed by atoms with van der Waals surface area (Å²) < 4.78 is 0. The Labute approximate surface area is 155 Å². The van der Waals surface area contributed by atoms with Gasteiger partial charge in [0.25, 0.3) is 0 Å². The van der Waals surface area contributed by atoms with Crippen molar-refractivity contribution >= 4 is 23.3 Å². The quantitative estimate of drug-likeness (QED) is 0.758. The van der Waals surface area contributed by atoms with E-state index in [1.807, 2.05) is 25.1 Å². The first-order valence-corrected chi connectivity index (χ1v) is 9.77. The molecule has 1 aromatic rings. The number of anilines is 2. The number of nitrogens with zero attached hydrogens (tertiary/aromatic N) is 1. The molecule has 142 valence electrons. The molecule has 2 aliphatic rings. The molecule has 1 fully saturated rings. The molecule has 3 N–H and O–H groups in total. The predicted molar refractivity (Wildman–Crippen MR) is 105 cm³/mol. The van der Waals surface area contributed by atoms with Crippen molar-refractivity contribution < 1.29 is 9.59 Å². The minimum atomic E-state index is -0.0758. The van der Waals surface area contributed by atoms with Crippen molar-refractivity contribution in [1.82, 2.24) is 10.6 Å². The molecule has 0 radical (unpaired) electrons. The van der Waals surface area contributed by atoms with Gasteiger partial charge in [0.2, 0.25) is 5.91 Å². The Kier molecular flexibility index (Phi) is 6.14. The van der Waals surface area contributed by atoms with Crippen LogP contribution in [0.1, 0.15) is 38.7 Å². The van der Waals surface area contributed by atoms with E-state index < -0.39 is 0 Å². The Bertz CT molecular complexity index is 655. The Morgan fingerprint density at radius 1 is 1.38 bits per heavy atom. The molecule has 6 heteroatoms. The van der Waals surface area contributed by atoms with Gasteiger partial charge in [-0.15, -0.1) is 0 Å². The van der Waals surface area contributed by atoms with Crippen LogP contribution in [-0.2, 0) is 11.2 Å². The standard InChI is InChI=1S/C20H30N4O2/c1-3-22-20(26)24-10-8-15-6-7-17(12-18(15)24)23-19(25)11-14(2)16-5-4-9-21-13-16/h6-7,12,14,16,21H,3-5,8-11,13H2,1-2H3,(H,22,26)(H,23,25). The van der Waals surface area contributed by atoms with Gasteiger partial charge in [0.15, 0.2) is 0 Å². The zero-order chi connectivity index (χ0) is 18.5. The highest BCUT2D eigenvalue weighted by Gasteiger charge is 2.25. The number of piperidine rings is 1. The smallest absolute Gasteiger partial charge is 0.321 e. The Hall–Kier alpha value is -2.08. The molecule has 0 saturated carbocycles. The second-order valence-electron chi connectivity index (χ2n) is 7.42. The van der Waals surface area contributed by atoms with Crippen LogP contribution < -0.4 is 20.9 Å². The van der Waals surface area contributed by atoms with Crippen molar-refractivity contribution in [3.05, 3.63) is 23.8 Å². The molecule has 1 saturated heterocycles. The van der Waals surface area contributed by atoms with Gasteiger partial charge in [-0.1, -0.05) is 13.0 Å². The number of fused-ring (bicyclic) bond motifs is 1. The third-order valence-electron chi connectivity index (χ3n) is 5.48. The summed E-state index contributed by atoms with van der Waals surface area (Å²) in [5, 5.41) is 9.28. The van der Waals surface area contributed by atoms with Crippen molar-refractivity contribution in [2.75, 3.05) is 36.4 Å². The number of nitrogens with one attached hydrogen (secondary N) is 3. The van der Waals surface area contributed by atoms with Gasteiger partial charge in [-0.3, -0.25) is 9.69 Å². The lowest BCUT2D eigenvalue weighted by molar-refractivity contribution is -0.117. The molecule has 2 aliphatic heterocycles. The van der Waals surface area contributed by atoms with Crippen LogP contribution in [0.3, 0.4) is 0 Å². The summed E-state index contributed by atoms with van der Waals surface area (Å²) in [5.74, 6) is 0.984. The number of hydrogen-bond acceptors (Lipinski definition) is 3. The lowest BCUT2D eigenvalue weighted by Gasteiger charge is -2.28. The second kappa shape index (κ2) is 8.54. The van der Waals surface area contributed by atoms with Crippen LogP contribution >= 0.6 is 0 Å². The molecular weight excluding hydrogens is 328 g/mol. The van der Waals surface area contributed by atoms with E-state index in [9.17, 15) is 9.59 Å². The molecule has 2 atom stereocenters. The zero-order valence-electron chi connectivity index (χ0n) is 15.8. The maximum atomic E-state index is 12.5. The molecule has 0 spiro atoms. The monoisotopic (exact) mass is 358 g/mol.